The highest BCUT2D eigenvalue weighted by Gasteiger charge is 2.12. The molecule has 0 saturated carbocycles. The van der Waals surface area contributed by atoms with Crippen LogP contribution in [0.3, 0.4) is 0 Å². The third-order valence-corrected chi connectivity index (χ3v) is 2.46. The maximum Gasteiger partial charge on any atom is 0.319 e. The summed E-state index contributed by atoms with van der Waals surface area (Å²) in [4.78, 5) is 21.9. The largest absolute Gasteiger partial charge is 0.481 e. The summed E-state index contributed by atoms with van der Waals surface area (Å²) in [6.45, 7) is 1.47. The van der Waals surface area contributed by atoms with Crippen molar-refractivity contribution in [3.63, 3.8) is 0 Å². The van der Waals surface area contributed by atoms with Crippen molar-refractivity contribution in [2.75, 3.05) is 11.9 Å². The number of hydrogen-bond donors (Lipinski definition) is 3. The molecule has 1 aromatic carbocycles. The molecule has 1 aromatic rings. The van der Waals surface area contributed by atoms with E-state index in [1.807, 2.05) is 0 Å². The van der Waals surface area contributed by atoms with Gasteiger partial charge in [0.2, 0.25) is 0 Å². The molecule has 0 fully saturated rings. The van der Waals surface area contributed by atoms with E-state index in [2.05, 4.69) is 10.6 Å². The van der Waals surface area contributed by atoms with Crippen LogP contribution in [-0.4, -0.2) is 23.7 Å². The van der Waals surface area contributed by atoms with E-state index in [1.54, 1.807) is 0 Å². The summed E-state index contributed by atoms with van der Waals surface area (Å²) in [5.74, 6) is -2.27. The van der Waals surface area contributed by atoms with Gasteiger partial charge in [-0.1, -0.05) is 18.5 Å². The van der Waals surface area contributed by atoms with Gasteiger partial charge < -0.3 is 15.7 Å². The predicted octanol–water partition coefficient (Wildman–Crippen LogP) is 2.32. The minimum absolute atomic E-state index is 0.00388. The summed E-state index contributed by atoms with van der Waals surface area (Å²) in [6, 6.07) is 3.15. The Morgan fingerprint density at radius 2 is 2.17 bits per heavy atom. The quantitative estimate of drug-likeness (QED) is 0.788. The third-order valence-electron chi connectivity index (χ3n) is 2.17. The number of hydrogen-bond acceptors (Lipinski definition) is 2. The highest BCUT2D eigenvalue weighted by molar-refractivity contribution is 6.31. The SMILES string of the molecule is CC(CNC(=O)Nc1ccc(F)c(Cl)c1)C(=O)O. The Labute approximate surface area is 108 Å². The number of halogens is 2. The standard InChI is InChI=1S/C11H12ClFN2O3/c1-6(10(16)17)5-14-11(18)15-7-2-3-9(13)8(12)4-7/h2-4,6H,5H2,1H3,(H,16,17)(H2,14,15,18). The van der Waals surface area contributed by atoms with E-state index in [9.17, 15) is 14.0 Å². The van der Waals surface area contributed by atoms with E-state index in [4.69, 9.17) is 16.7 Å². The molecule has 0 saturated heterocycles. The summed E-state index contributed by atoms with van der Waals surface area (Å²) in [5, 5.41) is 13.3. The zero-order valence-electron chi connectivity index (χ0n) is 9.54. The fourth-order valence-corrected chi connectivity index (χ4v) is 1.26. The smallest absolute Gasteiger partial charge is 0.319 e. The topological polar surface area (TPSA) is 78.4 Å². The summed E-state index contributed by atoms with van der Waals surface area (Å²) < 4.78 is 12.9. The minimum atomic E-state index is -1.000. The van der Waals surface area contributed by atoms with Crippen LogP contribution in [0.1, 0.15) is 6.92 Å². The maximum atomic E-state index is 12.9. The lowest BCUT2D eigenvalue weighted by Crippen LogP contribution is -2.34. The lowest BCUT2D eigenvalue weighted by molar-refractivity contribution is -0.140. The van der Waals surface area contributed by atoms with Crippen LogP contribution in [0.15, 0.2) is 18.2 Å². The molecule has 18 heavy (non-hydrogen) atoms. The van der Waals surface area contributed by atoms with Crippen molar-refractivity contribution in [1.82, 2.24) is 5.32 Å². The van der Waals surface area contributed by atoms with Crippen molar-refractivity contribution in [1.29, 1.82) is 0 Å². The molecular formula is C11H12ClFN2O3. The molecule has 2 amide bonds. The number of carbonyl (C=O) groups excluding carboxylic acids is 1. The molecule has 0 aromatic heterocycles. The molecule has 0 heterocycles. The molecule has 5 nitrogen and oxygen atoms in total. The molecule has 0 spiro atoms. The lowest BCUT2D eigenvalue weighted by atomic mass is 10.2. The molecule has 0 radical (unpaired) electrons. The fourth-order valence-electron chi connectivity index (χ4n) is 1.08. The number of carbonyl (C=O) groups is 2. The normalized spacial score (nSPS) is 11.7. The number of rotatable bonds is 4. The van der Waals surface area contributed by atoms with Crippen LogP contribution in [0.5, 0.6) is 0 Å². The van der Waals surface area contributed by atoms with E-state index in [-0.39, 0.29) is 11.6 Å². The average Bonchev–Trinajstić information content (AvgIpc) is 2.30. The molecule has 3 N–H and O–H groups in total. The van der Waals surface area contributed by atoms with Gasteiger partial charge in [-0.15, -0.1) is 0 Å². The fraction of sp³-hybridized carbons (Fsp3) is 0.273. The first-order valence-electron chi connectivity index (χ1n) is 5.13. The summed E-state index contributed by atoms with van der Waals surface area (Å²) >= 11 is 5.54. The lowest BCUT2D eigenvalue weighted by Gasteiger charge is -2.10. The average molecular weight is 275 g/mol. The molecule has 0 aliphatic carbocycles. The minimum Gasteiger partial charge on any atom is -0.481 e. The number of urea groups is 1. The first-order valence-corrected chi connectivity index (χ1v) is 5.50. The van der Waals surface area contributed by atoms with Crippen molar-refractivity contribution < 1.29 is 19.1 Å². The van der Waals surface area contributed by atoms with Crippen molar-refractivity contribution >= 4 is 29.3 Å². The molecule has 0 aliphatic rings. The Hall–Kier alpha value is -1.82. The summed E-state index contributed by atoms with van der Waals surface area (Å²) in [6.07, 6.45) is 0. The Balaban J connectivity index is 2.49. The molecule has 7 heteroatoms. The number of aliphatic carboxylic acids is 1. The predicted molar refractivity (Wildman–Crippen MR) is 65.2 cm³/mol. The number of benzene rings is 1. The molecule has 1 unspecified atom stereocenters. The Morgan fingerprint density at radius 1 is 1.50 bits per heavy atom. The van der Waals surface area contributed by atoms with Gasteiger partial charge in [-0.2, -0.15) is 0 Å². The summed E-state index contributed by atoms with van der Waals surface area (Å²) in [5.41, 5.74) is 0.321. The first-order chi connectivity index (χ1) is 8.40. The zero-order valence-corrected chi connectivity index (χ0v) is 10.3. The monoisotopic (exact) mass is 274 g/mol. The molecule has 0 aliphatic heterocycles. The third kappa shape index (κ3) is 4.21. The Morgan fingerprint density at radius 3 is 2.72 bits per heavy atom. The van der Waals surface area contributed by atoms with Gasteiger partial charge in [-0.3, -0.25) is 4.79 Å². The van der Waals surface area contributed by atoms with E-state index in [1.165, 1.54) is 19.1 Å². The second-order valence-electron chi connectivity index (χ2n) is 3.70. The van der Waals surface area contributed by atoms with Gasteiger partial charge >= 0.3 is 12.0 Å². The van der Waals surface area contributed by atoms with Gasteiger partial charge in [0.05, 0.1) is 10.9 Å². The van der Waals surface area contributed by atoms with E-state index >= 15 is 0 Å². The number of amides is 2. The highest BCUT2D eigenvalue weighted by Crippen LogP contribution is 2.19. The van der Waals surface area contributed by atoms with Gasteiger partial charge in [0, 0.05) is 12.2 Å². The van der Waals surface area contributed by atoms with Crippen LogP contribution in [0, 0.1) is 11.7 Å². The number of carboxylic acids is 1. The van der Waals surface area contributed by atoms with Crippen molar-refractivity contribution in [2.45, 2.75) is 6.92 Å². The number of nitrogens with one attached hydrogen (secondary N) is 2. The highest BCUT2D eigenvalue weighted by atomic mass is 35.5. The van der Waals surface area contributed by atoms with Crippen LogP contribution in [-0.2, 0) is 4.79 Å². The van der Waals surface area contributed by atoms with E-state index in [0.717, 1.165) is 6.07 Å². The zero-order chi connectivity index (χ0) is 13.7. The Kier molecular flexibility index (Phi) is 4.91. The van der Waals surface area contributed by atoms with Gasteiger partial charge in [0.25, 0.3) is 0 Å². The van der Waals surface area contributed by atoms with Crippen molar-refractivity contribution in [3.05, 3.63) is 29.0 Å². The molecule has 98 valence electrons. The van der Waals surface area contributed by atoms with Gasteiger partial charge in [-0.05, 0) is 18.2 Å². The molecular weight excluding hydrogens is 263 g/mol. The van der Waals surface area contributed by atoms with Crippen LogP contribution >= 0.6 is 11.6 Å². The second-order valence-corrected chi connectivity index (χ2v) is 4.11. The van der Waals surface area contributed by atoms with Crippen molar-refractivity contribution in [2.24, 2.45) is 5.92 Å². The van der Waals surface area contributed by atoms with Gasteiger partial charge in [0.1, 0.15) is 5.82 Å². The second kappa shape index (κ2) is 6.20. The van der Waals surface area contributed by atoms with Gasteiger partial charge in [-0.25, -0.2) is 9.18 Å². The van der Waals surface area contributed by atoms with E-state index < -0.39 is 23.7 Å². The molecule has 1 rings (SSSR count). The van der Waals surface area contributed by atoms with Crippen molar-refractivity contribution in [3.8, 4) is 0 Å². The summed E-state index contributed by atoms with van der Waals surface area (Å²) in [7, 11) is 0. The number of anilines is 1. The first kappa shape index (κ1) is 14.2. The van der Waals surface area contributed by atoms with E-state index in [0.29, 0.717) is 5.69 Å². The van der Waals surface area contributed by atoms with Crippen LogP contribution < -0.4 is 10.6 Å². The molecule has 0 bridgehead atoms. The maximum absolute atomic E-state index is 12.9. The van der Waals surface area contributed by atoms with Crippen LogP contribution in [0.4, 0.5) is 14.9 Å². The van der Waals surface area contributed by atoms with Gasteiger partial charge in [0.15, 0.2) is 0 Å². The Bertz CT molecular complexity index is 468. The van der Waals surface area contributed by atoms with Crippen LogP contribution in [0.2, 0.25) is 5.02 Å². The number of carboxylic acid groups (broad SMARTS) is 1. The van der Waals surface area contributed by atoms with Crippen LogP contribution in [0.25, 0.3) is 0 Å². The molecule has 1 atom stereocenters.